The van der Waals surface area contributed by atoms with Gasteiger partial charge in [0.1, 0.15) is 0 Å². The highest BCUT2D eigenvalue weighted by Crippen LogP contribution is 2.20. The van der Waals surface area contributed by atoms with Crippen LogP contribution < -0.4 is 5.32 Å². The molecular formula is C22H25N3O3. The second-order valence-corrected chi connectivity index (χ2v) is 7.36. The minimum Gasteiger partial charge on any atom is -0.376 e. The first-order valence-electron chi connectivity index (χ1n) is 9.96. The standard InChI is InChI=1S/C22H25N3O3/c26-21(24-15-19-7-4-12-28-19)17-6-3-5-16(13-17)20-9-8-18(14-23-20)22(27)25-10-1-2-11-25/h3,5-6,8-9,13-14,19H,1-2,4,7,10-12,15H2,(H,24,26). The van der Waals surface area contributed by atoms with Crippen LogP contribution in [-0.4, -0.2) is 54.0 Å². The molecule has 0 bridgehead atoms. The van der Waals surface area contributed by atoms with Gasteiger partial charge in [-0.05, 0) is 49.9 Å². The van der Waals surface area contributed by atoms with Crippen molar-refractivity contribution >= 4 is 11.8 Å². The summed E-state index contributed by atoms with van der Waals surface area (Å²) in [5.41, 5.74) is 2.79. The Morgan fingerprint density at radius 3 is 2.68 bits per heavy atom. The molecule has 1 N–H and O–H groups in total. The van der Waals surface area contributed by atoms with Gasteiger partial charge < -0.3 is 15.0 Å². The van der Waals surface area contributed by atoms with Crippen molar-refractivity contribution in [3.63, 3.8) is 0 Å². The van der Waals surface area contributed by atoms with Crippen molar-refractivity contribution in [3.8, 4) is 11.3 Å². The highest BCUT2D eigenvalue weighted by Gasteiger charge is 2.20. The molecule has 2 fully saturated rings. The van der Waals surface area contributed by atoms with Crippen molar-refractivity contribution in [2.45, 2.75) is 31.8 Å². The molecule has 0 spiro atoms. The van der Waals surface area contributed by atoms with E-state index in [1.807, 2.05) is 35.2 Å². The molecule has 146 valence electrons. The van der Waals surface area contributed by atoms with Gasteiger partial charge in [-0.2, -0.15) is 0 Å². The number of carbonyl (C=O) groups is 2. The topological polar surface area (TPSA) is 71.5 Å². The minimum atomic E-state index is -0.113. The molecule has 0 saturated carbocycles. The molecule has 28 heavy (non-hydrogen) atoms. The van der Waals surface area contributed by atoms with E-state index in [4.69, 9.17) is 4.74 Å². The molecule has 6 heteroatoms. The summed E-state index contributed by atoms with van der Waals surface area (Å²) in [5.74, 6) is -0.0722. The molecule has 0 aliphatic carbocycles. The van der Waals surface area contributed by atoms with Gasteiger partial charge in [0.05, 0.1) is 17.4 Å². The Kier molecular flexibility index (Phi) is 5.67. The summed E-state index contributed by atoms with van der Waals surface area (Å²) in [6.07, 6.45) is 5.93. The number of aromatic nitrogens is 1. The maximum absolute atomic E-state index is 12.4. The number of hydrogen-bond acceptors (Lipinski definition) is 4. The van der Waals surface area contributed by atoms with Gasteiger partial charge in [-0.1, -0.05) is 12.1 Å². The smallest absolute Gasteiger partial charge is 0.255 e. The van der Waals surface area contributed by atoms with Gasteiger partial charge in [0.2, 0.25) is 0 Å². The fraction of sp³-hybridized carbons (Fsp3) is 0.409. The lowest BCUT2D eigenvalue weighted by Crippen LogP contribution is -2.31. The van der Waals surface area contributed by atoms with Crippen molar-refractivity contribution in [2.75, 3.05) is 26.2 Å². The maximum Gasteiger partial charge on any atom is 0.255 e. The summed E-state index contributed by atoms with van der Waals surface area (Å²) in [6, 6.07) is 11.0. The zero-order valence-corrected chi connectivity index (χ0v) is 15.9. The summed E-state index contributed by atoms with van der Waals surface area (Å²) in [6.45, 7) is 2.96. The van der Waals surface area contributed by atoms with Crippen LogP contribution in [0.4, 0.5) is 0 Å². The molecule has 2 aliphatic rings. The first kappa shape index (κ1) is 18.6. The number of pyridine rings is 1. The highest BCUT2D eigenvalue weighted by molar-refractivity contribution is 5.96. The van der Waals surface area contributed by atoms with Gasteiger partial charge in [0, 0.05) is 43.6 Å². The lowest BCUT2D eigenvalue weighted by molar-refractivity contribution is 0.0792. The van der Waals surface area contributed by atoms with Crippen LogP contribution in [0.1, 0.15) is 46.4 Å². The Morgan fingerprint density at radius 2 is 1.96 bits per heavy atom. The normalized spacial score (nSPS) is 19.0. The van der Waals surface area contributed by atoms with Crippen LogP contribution in [0.15, 0.2) is 42.6 Å². The molecule has 1 aromatic heterocycles. The van der Waals surface area contributed by atoms with E-state index in [0.717, 1.165) is 56.6 Å². The second-order valence-electron chi connectivity index (χ2n) is 7.36. The maximum atomic E-state index is 12.4. The number of rotatable bonds is 5. The molecule has 2 aliphatic heterocycles. The van der Waals surface area contributed by atoms with E-state index < -0.39 is 0 Å². The molecule has 0 radical (unpaired) electrons. The Morgan fingerprint density at radius 1 is 1.11 bits per heavy atom. The number of nitrogens with one attached hydrogen (secondary N) is 1. The summed E-state index contributed by atoms with van der Waals surface area (Å²) >= 11 is 0. The number of likely N-dealkylation sites (tertiary alicyclic amines) is 1. The van der Waals surface area contributed by atoms with Crippen LogP contribution in [-0.2, 0) is 4.74 Å². The van der Waals surface area contributed by atoms with Crippen molar-refractivity contribution < 1.29 is 14.3 Å². The Balaban J connectivity index is 1.43. The zero-order chi connectivity index (χ0) is 19.3. The lowest BCUT2D eigenvalue weighted by Gasteiger charge is -2.15. The Hall–Kier alpha value is -2.73. The van der Waals surface area contributed by atoms with Gasteiger partial charge in [-0.15, -0.1) is 0 Å². The van der Waals surface area contributed by atoms with Gasteiger partial charge in [-0.3, -0.25) is 14.6 Å². The van der Waals surface area contributed by atoms with E-state index in [1.54, 1.807) is 12.3 Å². The molecule has 4 rings (SSSR count). The van der Waals surface area contributed by atoms with Crippen LogP contribution in [0.3, 0.4) is 0 Å². The summed E-state index contributed by atoms with van der Waals surface area (Å²) in [5, 5.41) is 2.94. The van der Waals surface area contributed by atoms with Crippen LogP contribution in [0.5, 0.6) is 0 Å². The van der Waals surface area contributed by atoms with Gasteiger partial charge in [0.25, 0.3) is 11.8 Å². The molecule has 3 heterocycles. The summed E-state index contributed by atoms with van der Waals surface area (Å²) < 4.78 is 5.54. The molecule has 2 amide bonds. The number of amides is 2. The largest absolute Gasteiger partial charge is 0.376 e. The van der Waals surface area contributed by atoms with E-state index in [2.05, 4.69) is 10.3 Å². The zero-order valence-electron chi connectivity index (χ0n) is 15.9. The predicted octanol–water partition coefficient (Wildman–Crippen LogP) is 2.89. The molecule has 1 unspecified atom stereocenters. The first-order chi connectivity index (χ1) is 13.7. The summed E-state index contributed by atoms with van der Waals surface area (Å²) in [7, 11) is 0. The fourth-order valence-corrected chi connectivity index (χ4v) is 3.73. The number of benzene rings is 1. The molecule has 2 saturated heterocycles. The molecular weight excluding hydrogens is 354 g/mol. The molecule has 1 aromatic carbocycles. The van der Waals surface area contributed by atoms with Gasteiger partial charge >= 0.3 is 0 Å². The Labute approximate surface area is 164 Å². The third kappa shape index (κ3) is 4.22. The number of ether oxygens (including phenoxy) is 1. The van der Waals surface area contributed by atoms with Crippen LogP contribution >= 0.6 is 0 Å². The lowest BCUT2D eigenvalue weighted by atomic mass is 10.1. The highest BCUT2D eigenvalue weighted by atomic mass is 16.5. The van der Waals surface area contributed by atoms with E-state index in [9.17, 15) is 9.59 Å². The average molecular weight is 379 g/mol. The third-order valence-corrected chi connectivity index (χ3v) is 5.34. The van der Waals surface area contributed by atoms with Crippen LogP contribution in [0.25, 0.3) is 11.3 Å². The van der Waals surface area contributed by atoms with E-state index in [-0.39, 0.29) is 17.9 Å². The van der Waals surface area contributed by atoms with Crippen molar-refractivity contribution in [1.29, 1.82) is 0 Å². The van der Waals surface area contributed by atoms with E-state index in [0.29, 0.717) is 17.7 Å². The number of carbonyl (C=O) groups excluding carboxylic acids is 2. The second kappa shape index (κ2) is 8.52. The van der Waals surface area contributed by atoms with E-state index >= 15 is 0 Å². The van der Waals surface area contributed by atoms with Crippen molar-refractivity contribution in [1.82, 2.24) is 15.2 Å². The number of hydrogen-bond donors (Lipinski definition) is 1. The predicted molar refractivity (Wildman–Crippen MR) is 106 cm³/mol. The minimum absolute atomic E-state index is 0.0406. The van der Waals surface area contributed by atoms with Crippen molar-refractivity contribution in [3.05, 3.63) is 53.7 Å². The van der Waals surface area contributed by atoms with Crippen LogP contribution in [0, 0.1) is 0 Å². The van der Waals surface area contributed by atoms with E-state index in [1.165, 1.54) is 0 Å². The molecule has 6 nitrogen and oxygen atoms in total. The SMILES string of the molecule is O=C(NCC1CCCO1)c1cccc(-c2ccc(C(=O)N3CCCC3)cn2)c1. The van der Waals surface area contributed by atoms with Crippen molar-refractivity contribution in [2.24, 2.45) is 0 Å². The van der Waals surface area contributed by atoms with Gasteiger partial charge in [-0.25, -0.2) is 0 Å². The number of nitrogens with zero attached hydrogens (tertiary/aromatic N) is 2. The fourth-order valence-electron chi connectivity index (χ4n) is 3.73. The first-order valence-corrected chi connectivity index (χ1v) is 9.96. The average Bonchev–Trinajstić information content (AvgIpc) is 3.46. The third-order valence-electron chi connectivity index (χ3n) is 5.34. The monoisotopic (exact) mass is 379 g/mol. The summed E-state index contributed by atoms with van der Waals surface area (Å²) in [4.78, 5) is 31.2. The quantitative estimate of drug-likeness (QED) is 0.867. The van der Waals surface area contributed by atoms with Gasteiger partial charge in [0.15, 0.2) is 0 Å². The molecule has 2 aromatic rings. The van der Waals surface area contributed by atoms with Crippen LogP contribution in [0.2, 0.25) is 0 Å². The molecule has 1 atom stereocenters. The Bertz CT molecular complexity index is 838.